The Bertz CT molecular complexity index is 1150. The lowest BCUT2D eigenvalue weighted by atomic mass is 9.97. The summed E-state index contributed by atoms with van der Waals surface area (Å²) in [6.45, 7) is 1.67. The minimum absolute atomic E-state index is 0.0873. The second-order valence-corrected chi connectivity index (χ2v) is 8.39. The fourth-order valence-electron chi connectivity index (χ4n) is 4.16. The summed E-state index contributed by atoms with van der Waals surface area (Å²) in [7, 11) is 0. The monoisotopic (exact) mass is 423 g/mol. The van der Waals surface area contributed by atoms with E-state index in [9.17, 15) is 14.7 Å². The average molecular weight is 423 g/mol. The average Bonchev–Trinajstić information content (AvgIpc) is 3.25. The van der Waals surface area contributed by atoms with Gasteiger partial charge < -0.3 is 20.2 Å². The second-order valence-electron chi connectivity index (χ2n) is 7.47. The highest BCUT2D eigenvalue weighted by atomic mass is 32.1. The van der Waals surface area contributed by atoms with Crippen molar-refractivity contribution in [3.8, 4) is 21.7 Å². The fourth-order valence-corrected chi connectivity index (χ4v) is 5.15. The summed E-state index contributed by atoms with van der Waals surface area (Å²) in [6.07, 6.45) is -0.661. The molecule has 3 aromatic rings. The van der Waals surface area contributed by atoms with Crippen LogP contribution in [0.2, 0.25) is 0 Å². The molecule has 0 bridgehead atoms. The van der Waals surface area contributed by atoms with E-state index in [1.54, 1.807) is 16.0 Å². The van der Waals surface area contributed by atoms with Crippen molar-refractivity contribution in [1.29, 1.82) is 0 Å². The Balaban J connectivity index is 1.62. The van der Waals surface area contributed by atoms with Crippen LogP contribution in [0.1, 0.15) is 11.1 Å². The summed E-state index contributed by atoms with van der Waals surface area (Å²) in [5.74, 6) is 0. The summed E-state index contributed by atoms with van der Waals surface area (Å²) in [5, 5.41) is 11.4. The van der Waals surface area contributed by atoms with Crippen molar-refractivity contribution < 1.29 is 14.6 Å². The molecule has 1 saturated heterocycles. The zero-order chi connectivity index (χ0) is 20.7. The van der Waals surface area contributed by atoms with E-state index in [2.05, 4.69) is 11.5 Å². The lowest BCUT2D eigenvalue weighted by Crippen LogP contribution is -2.46. The summed E-state index contributed by atoms with van der Waals surface area (Å²) in [4.78, 5) is 27.2. The van der Waals surface area contributed by atoms with Gasteiger partial charge in [-0.3, -0.25) is 4.79 Å². The number of ether oxygens (including phenoxy) is 1. The fraction of sp³-hybridized carbons (Fsp3) is 0.273. The van der Waals surface area contributed by atoms with E-state index in [1.165, 1.54) is 4.90 Å². The molecule has 1 unspecified atom stereocenters. The third kappa shape index (κ3) is 3.28. The van der Waals surface area contributed by atoms with Gasteiger partial charge in [0.2, 0.25) is 0 Å². The highest BCUT2D eigenvalue weighted by molar-refractivity contribution is 7.13. The molecule has 2 N–H and O–H groups in total. The van der Waals surface area contributed by atoms with Gasteiger partial charge in [0.05, 0.1) is 36.4 Å². The Morgan fingerprint density at radius 3 is 2.90 bits per heavy atom. The van der Waals surface area contributed by atoms with Crippen LogP contribution < -0.4 is 11.0 Å². The van der Waals surface area contributed by atoms with E-state index in [4.69, 9.17) is 4.74 Å². The van der Waals surface area contributed by atoms with Crippen LogP contribution in [0, 0.1) is 0 Å². The number of nitrogens with zero attached hydrogens (tertiary/aromatic N) is 2. The maximum absolute atomic E-state index is 13.3. The van der Waals surface area contributed by atoms with Crippen molar-refractivity contribution in [3.63, 3.8) is 0 Å². The van der Waals surface area contributed by atoms with Crippen LogP contribution in [-0.2, 0) is 17.7 Å². The first-order valence-electron chi connectivity index (χ1n) is 9.86. The van der Waals surface area contributed by atoms with E-state index in [-0.39, 0.29) is 11.7 Å². The molecule has 1 amide bonds. The molecule has 30 heavy (non-hydrogen) atoms. The first kappa shape index (κ1) is 18.9. The van der Waals surface area contributed by atoms with Crippen molar-refractivity contribution >= 4 is 17.4 Å². The van der Waals surface area contributed by atoms with Gasteiger partial charge in [-0.25, -0.2) is 9.47 Å². The standard InChI is InChI=1S/C22H21N3O4S/c26-21-18(14-4-2-1-3-5-14)11-16(10-17-13-24(22(27)28)7-8-29-17)19-20-15(6-9-30-20)12-23-25(19)21/h1-6,9,11,17,23H,7-8,10,12-13H2,(H,27,28). The molecular weight excluding hydrogens is 402 g/mol. The van der Waals surface area contributed by atoms with Gasteiger partial charge in [0.1, 0.15) is 0 Å². The zero-order valence-electron chi connectivity index (χ0n) is 16.2. The maximum atomic E-state index is 13.3. The molecule has 2 aliphatic heterocycles. The van der Waals surface area contributed by atoms with Gasteiger partial charge in [0.15, 0.2) is 0 Å². The number of hydrogen-bond acceptors (Lipinski definition) is 5. The Kier molecular flexibility index (Phi) is 4.80. The molecule has 2 aliphatic rings. The first-order valence-corrected chi connectivity index (χ1v) is 10.7. The van der Waals surface area contributed by atoms with Crippen LogP contribution in [0.15, 0.2) is 52.6 Å². The molecule has 0 spiro atoms. The topological polar surface area (TPSA) is 83.8 Å². The van der Waals surface area contributed by atoms with Crippen molar-refractivity contribution in [1.82, 2.24) is 9.58 Å². The van der Waals surface area contributed by atoms with Gasteiger partial charge in [-0.1, -0.05) is 30.3 Å². The Labute approximate surface area is 177 Å². The quantitative estimate of drug-likeness (QED) is 0.676. The summed E-state index contributed by atoms with van der Waals surface area (Å²) < 4.78 is 7.54. The van der Waals surface area contributed by atoms with Crippen LogP contribution in [-0.4, -0.2) is 46.6 Å². The molecule has 8 heteroatoms. The summed E-state index contributed by atoms with van der Waals surface area (Å²) in [6, 6.07) is 13.6. The Morgan fingerprint density at radius 1 is 1.27 bits per heavy atom. The smallest absolute Gasteiger partial charge is 0.407 e. The van der Waals surface area contributed by atoms with E-state index < -0.39 is 6.09 Å². The number of fused-ring (bicyclic) bond motifs is 3. The molecule has 1 atom stereocenters. The molecule has 4 heterocycles. The largest absolute Gasteiger partial charge is 0.465 e. The van der Waals surface area contributed by atoms with Crippen LogP contribution in [0.4, 0.5) is 4.79 Å². The molecule has 154 valence electrons. The highest BCUT2D eigenvalue weighted by Gasteiger charge is 2.28. The van der Waals surface area contributed by atoms with Gasteiger partial charge in [0, 0.05) is 18.5 Å². The number of aromatic nitrogens is 1. The normalized spacial score (nSPS) is 17.7. The lowest BCUT2D eigenvalue weighted by molar-refractivity contribution is -0.0210. The number of thiophene rings is 1. The van der Waals surface area contributed by atoms with Gasteiger partial charge in [-0.2, -0.15) is 0 Å². The van der Waals surface area contributed by atoms with Crippen molar-refractivity contribution in [2.24, 2.45) is 0 Å². The molecule has 2 aromatic heterocycles. The molecular formula is C22H21N3O4S. The number of amides is 1. The third-order valence-corrected chi connectivity index (χ3v) is 6.57. The maximum Gasteiger partial charge on any atom is 0.407 e. The van der Waals surface area contributed by atoms with Gasteiger partial charge >= 0.3 is 6.09 Å². The predicted octanol–water partition coefficient (Wildman–Crippen LogP) is 3.22. The number of morpholine rings is 1. The third-order valence-electron chi connectivity index (χ3n) is 5.61. The minimum Gasteiger partial charge on any atom is -0.465 e. The molecule has 0 aliphatic carbocycles. The second kappa shape index (κ2) is 7.62. The Morgan fingerprint density at radius 2 is 2.10 bits per heavy atom. The molecule has 5 rings (SSSR count). The Hall–Kier alpha value is -3.10. The van der Waals surface area contributed by atoms with Crippen LogP contribution in [0.25, 0.3) is 21.7 Å². The molecule has 1 fully saturated rings. The minimum atomic E-state index is -0.929. The van der Waals surface area contributed by atoms with Crippen molar-refractivity contribution in [2.75, 3.05) is 25.1 Å². The summed E-state index contributed by atoms with van der Waals surface area (Å²) >= 11 is 1.61. The van der Waals surface area contributed by atoms with Crippen LogP contribution in [0.3, 0.4) is 0 Å². The lowest BCUT2D eigenvalue weighted by Gasteiger charge is -2.32. The number of hydrogen-bond donors (Lipinski definition) is 2. The van der Waals surface area contributed by atoms with E-state index >= 15 is 0 Å². The zero-order valence-corrected chi connectivity index (χ0v) is 17.0. The highest BCUT2D eigenvalue weighted by Crippen LogP contribution is 2.36. The van der Waals surface area contributed by atoms with Crippen LogP contribution in [0.5, 0.6) is 0 Å². The number of pyridine rings is 1. The predicted molar refractivity (Wildman–Crippen MR) is 116 cm³/mol. The SMILES string of the molecule is O=C(O)N1CCOC(Cc2cc(-c3ccccc3)c(=O)n3c2-c2sccc2CN3)C1. The molecule has 1 aromatic carbocycles. The number of carboxylic acid groups (broad SMARTS) is 1. The van der Waals surface area contributed by atoms with Crippen molar-refractivity contribution in [2.45, 2.75) is 19.1 Å². The van der Waals surface area contributed by atoms with E-state index in [1.807, 2.05) is 41.8 Å². The summed E-state index contributed by atoms with van der Waals surface area (Å²) in [5.41, 5.74) is 7.63. The van der Waals surface area contributed by atoms with Gasteiger partial charge in [-0.05, 0) is 34.2 Å². The molecule has 0 saturated carbocycles. The number of benzene rings is 1. The van der Waals surface area contributed by atoms with Crippen molar-refractivity contribution in [3.05, 3.63) is 69.3 Å². The van der Waals surface area contributed by atoms with E-state index in [0.717, 1.165) is 27.3 Å². The van der Waals surface area contributed by atoms with Gasteiger partial charge in [0.25, 0.3) is 5.56 Å². The number of rotatable bonds is 3. The number of nitrogens with one attached hydrogen (secondary N) is 1. The van der Waals surface area contributed by atoms with Crippen LogP contribution >= 0.6 is 11.3 Å². The molecule has 0 radical (unpaired) electrons. The van der Waals surface area contributed by atoms with Gasteiger partial charge in [-0.15, -0.1) is 11.3 Å². The number of carbonyl (C=O) groups is 1. The van der Waals surface area contributed by atoms with E-state index in [0.29, 0.717) is 38.2 Å². The first-order chi connectivity index (χ1) is 14.6. The molecule has 7 nitrogen and oxygen atoms in total.